The maximum Gasteiger partial charge on any atom is 0.347 e. The molecular weight excluding hydrogens is 272 g/mol. The number of benzene rings is 1. The van der Waals surface area contributed by atoms with Crippen LogP contribution >= 0.6 is 0 Å². The lowest BCUT2D eigenvalue weighted by atomic mass is 10.1. The van der Waals surface area contributed by atoms with Crippen LogP contribution in [0.5, 0.6) is 0 Å². The van der Waals surface area contributed by atoms with Crippen molar-refractivity contribution in [2.24, 2.45) is 7.05 Å². The van der Waals surface area contributed by atoms with Crippen molar-refractivity contribution < 1.29 is 14.5 Å². The molecule has 21 heavy (non-hydrogen) atoms. The standard InChI is InChI=1S/C15H16N2O4/c1-4-21-15(18)12-10(2)16(3)13(14(12)17(19)20)11-8-6-5-7-9-11/h5-9H,4H2,1-3H3. The van der Waals surface area contributed by atoms with Gasteiger partial charge in [0.25, 0.3) is 0 Å². The monoisotopic (exact) mass is 288 g/mol. The lowest BCUT2D eigenvalue weighted by Gasteiger charge is -2.03. The van der Waals surface area contributed by atoms with Gasteiger partial charge in [0.15, 0.2) is 5.56 Å². The molecule has 6 nitrogen and oxygen atoms in total. The number of aromatic nitrogens is 1. The minimum Gasteiger partial charge on any atom is -0.462 e. The Morgan fingerprint density at radius 3 is 2.48 bits per heavy atom. The van der Waals surface area contributed by atoms with E-state index in [1.165, 1.54) is 0 Å². The van der Waals surface area contributed by atoms with Crippen LogP contribution in [0.15, 0.2) is 30.3 Å². The molecule has 0 atom stereocenters. The Balaban J connectivity index is 2.75. The fourth-order valence-electron chi connectivity index (χ4n) is 2.34. The average Bonchev–Trinajstić information content (AvgIpc) is 2.73. The quantitative estimate of drug-likeness (QED) is 0.492. The molecule has 0 fully saturated rings. The highest BCUT2D eigenvalue weighted by atomic mass is 16.6. The third-order valence-corrected chi connectivity index (χ3v) is 3.37. The van der Waals surface area contributed by atoms with E-state index in [2.05, 4.69) is 0 Å². The third kappa shape index (κ3) is 2.52. The minimum absolute atomic E-state index is 0.0169. The summed E-state index contributed by atoms with van der Waals surface area (Å²) in [5, 5.41) is 11.5. The third-order valence-electron chi connectivity index (χ3n) is 3.37. The molecule has 1 aromatic carbocycles. The molecule has 6 heteroatoms. The fourth-order valence-corrected chi connectivity index (χ4v) is 2.34. The first-order valence-electron chi connectivity index (χ1n) is 6.55. The zero-order valence-electron chi connectivity index (χ0n) is 12.1. The van der Waals surface area contributed by atoms with E-state index >= 15 is 0 Å². The van der Waals surface area contributed by atoms with Gasteiger partial charge in [0.05, 0.1) is 11.5 Å². The van der Waals surface area contributed by atoms with Crippen molar-refractivity contribution in [3.05, 3.63) is 51.7 Å². The van der Waals surface area contributed by atoms with E-state index in [9.17, 15) is 14.9 Å². The molecule has 0 unspecified atom stereocenters. The van der Waals surface area contributed by atoms with Crippen LogP contribution in [0.2, 0.25) is 0 Å². The van der Waals surface area contributed by atoms with Crippen molar-refractivity contribution in [2.45, 2.75) is 13.8 Å². The number of carbonyl (C=O) groups is 1. The molecule has 1 heterocycles. The fraction of sp³-hybridized carbons (Fsp3) is 0.267. The molecular formula is C15H16N2O4. The van der Waals surface area contributed by atoms with Crippen LogP contribution in [0.4, 0.5) is 5.69 Å². The number of carbonyl (C=O) groups excluding carboxylic acids is 1. The van der Waals surface area contributed by atoms with E-state index in [-0.39, 0.29) is 17.9 Å². The lowest BCUT2D eigenvalue weighted by Crippen LogP contribution is -2.08. The minimum atomic E-state index is -0.667. The second-order valence-electron chi connectivity index (χ2n) is 4.56. The molecule has 110 valence electrons. The summed E-state index contributed by atoms with van der Waals surface area (Å²) in [4.78, 5) is 23.0. The van der Waals surface area contributed by atoms with Gasteiger partial charge in [0, 0.05) is 18.3 Å². The van der Waals surface area contributed by atoms with E-state index in [0.29, 0.717) is 17.0 Å². The second kappa shape index (κ2) is 5.78. The van der Waals surface area contributed by atoms with Crippen molar-refractivity contribution in [1.82, 2.24) is 4.57 Å². The van der Waals surface area contributed by atoms with Gasteiger partial charge in [0.1, 0.15) is 5.69 Å². The summed E-state index contributed by atoms with van der Waals surface area (Å²) in [6, 6.07) is 8.97. The van der Waals surface area contributed by atoms with Crippen LogP contribution in [0.3, 0.4) is 0 Å². The van der Waals surface area contributed by atoms with Gasteiger partial charge in [0.2, 0.25) is 0 Å². The molecule has 0 radical (unpaired) electrons. The van der Waals surface area contributed by atoms with Gasteiger partial charge < -0.3 is 9.30 Å². The van der Waals surface area contributed by atoms with E-state index in [4.69, 9.17) is 4.74 Å². The summed E-state index contributed by atoms with van der Waals surface area (Å²) >= 11 is 0. The SMILES string of the molecule is CCOC(=O)c1c([N+](=O)[O-])c(-c2ccccc2)n(C)c1C. The summed E-state index contributed by atoms with van der Waals surface area (Å²) < 4.78 is 6.60. The van der Waals surface area contributed by atoms with Crippen LogP contribution in [0.25, 0.3) is 11.3 Å². The van der Waals surface area contributed by atoms with Gasteiger partial charge in [-0.2, -0.15) is 0 Å². The molecule has 0 amide bonds. The summed E-state index contributed by atoms with van der Waals surface area (Å²) in [6.45, 7) is 3.51. The topological polar surface area (TPSA) is 74.4 Å². The van der Waals surface area contributed by atoms with Gasteiger partial charge >= 0.3 is 11.7 Å². The molecule has 0 aliphatic heterocycles. The Kier molecular flexibility index (Phi) is 4.07. The van der Waals surface area contributed by atoms with E-state index in [1.54, 1.807) is 49.7 Å². The highest BCUT2D eigenvalue weighted by Crippen LogP contribution is 2.37. The zero-order valence-corrected chi connectivity index (χ0v) is 12.1. The number of ether oxygens (including phenoxy) is 1. The van der Waals surface area contributed by atoms with Crippen LogP contribution in [-0.2, 0) is 11.8 Å². The molecule has 0 N–H and O–H groups in total. The molecule has 0 aliphatic rings. The smallest absolute Gasteiger partial charge is 0.347 e. The number of esters is 1. The summed E-state index contributed by atoms with van der Waals surface area (Å²) in [7, 11) is 1.70. The van der Waals surface area contributed by atoms with Crippen molar-refractivity contribution in [3.63, 3.8) is 0 Å². The van der Waals surface area contributed by atoms with E-state index in [0.717, 1.165) is 0 Å². The molecule has 0 saturated heterocycles. The van der Waals surface area contributed by atoms with Gasteiger partial charge in [-0.15, -0.1) is 0 Å². The Bertz CT molecular complexity index is 689. The van der Waals surface area contributed by atoms with Gasteiger partial charge in [-0.3, -0.25) is 10.1 Å². The maximum absolute atomic E-state index is 12.0. The molecule has 0 aliphatic carbocycles. The Labute approximate surface area is 122 Å². The largest absolute Gasteiger partial charge is 0.462 e. The molecule has 2 aromatic rings. The highest BCUT2D eigenvalue weighted by molar-refractivity contribution is 5.99. The van der Waals surface area contributed by atoms with Crippen LogP contribution < -0.4 is 0 Å². The molecule has 0 saturated carbocycles. The van der Waals surface area contributed by atoms with E-state index in [1.807, 2.05) is 6.07 Å². The summed E-state index contributed by atoms with van der Waals surface area (Å²) in [5.74, 6) is -0.667. The number of nitrogens with zero attached hydrogens (tertiary/aromatic N) is 2. The summed E-state index contributed by atoms with van der Waals surface area (Å²) in [5.41, 5.74) is 1.41. The number of hydrogen-bond donors (Lipinski definition) is 0. The first-order chi connectivity index (χ1) is 9.99. The van der Waals surface area contributed by atoms with Crippen LogP contribution in [0.1, 0.15) is 23.0 Å². The van der Waals surface area contributed by atoms with Gasteiger partial charge in [-0.05, 0) is 13.8 Å². The number of rotatable bonds is 4. The lowest BCUT2D eigenvalue weighted by molar-refractivity contribution is -0.384. The van der Waals surface area contributed by atoms with Crippen molar-refractivity contribution >= 4 is 11.7 Å². The molecule has 2 rings (SSSR count). The first-order valence-corrected chi connectivity index (χ1v) is 6.55. The van der Waals surface area contributed by atoms with Gasteiger partial charge in [-0.1, -0.05) is 30.3 Å². The number of nitro groups is 1. The van der Waals surface area contributed by atoms with Gasteiger partial charge in [-0.25, -0.2) is 4.79 Å². The van der Waals surface area contributed by atoms with Crippen molar-refractivity contribution in [1.29, 1.82) is 0 Å². The zero-order chi connectivity index (χ0) is 15.6. The second-order valence-corrected chi connectivity index (χ2v) is 4.56. The number of hydrogen-bond acceptors (Lipinski definition) is 4. The Morgan fingerprint density at radius 1 is 1.33 bits per heavy atom. The highest BCUT2D eigenvalue weighted by Gasteiger charge is 2.33. The average molecular weight is 288 g/mol. The predicted molar refractivity (Wildman–Crippen MR) is 78.2 cm³/mol. The predicted octanol–water partition coefficient (Wildman–Crippen LogP) is 3.09. The molecule has 0 bridgehead atoms. The molecule has 0 spiro atoms. The van der Waals surface area contributed by atoms with Crippen molar-refractivity contribution in [2.75, 3.05) is 6.61 Å². The summed E-state index contributed by atoms with van der Waals surface area (Å²) in [6.07, 6.45) is 0. The maximum atomic E-state index is 12.0. The van der Waals surface area contributed by atoms with Crippen LogP contribution in [-0.4, -0.2) is 22.1 Å². The normalized spacial score (nSPS) is 10.4. The van der Waals surface area contributed by atoms with Crippen LogP contribution in [0, 0.1) is 17.0 Å². The van der Waals surface area contributed by atoms with E-state index < -0.39 is 10.9 Å². The first kappa shape index (κ1) is 14.8. The Hall–Kier alpha value is -2.63. The molecule has 1 aromatic heterocycles. The van der Waals surface area contributed by atoms with Crippen molar-refractivity contribution in [3.8, 4) is 11.3 Å². The Morgan fingerprint density at radius 2 is 1.95 bits per heavy atom.